The molecule has 0 heterocycles. The van der Waals surface area contributed by atoms with Gasteiger partial charge in [0.2, 0.25) is 0 Å². The molecule has 0 bridgehead atoms. The van der Waals surface area contributed by atoms with Crippen molar-refractivity contribution >= 4 is 23.2 Å². The highest BCUT2D eigenvalue weighted by molar-refractivity contribution is 6.31. The Bertz CT molecular complexity index is 726. The first-order chi connectivity index (χ1) is 9.51. The van der Waals surface area contributed by atoms with Crippen LogP contribution in [-0.4, -0.2) is 5.91 Å². The Kier molecular flexibility index (Phi) is 3.97. The summed E-state index contributed by atoms with van der Waals surface area (Å²) in [5.74, 6) is -2.83. The summed E-state index contributed by atoms with van der Waals surface area (Å²) in [6.45, 7) is 0. The maximum Gasteiger partial charge on any atom is 0.255 e. The van der Waals surface area contributed by atoms with Crippen molar-refractivity contribution in [2.75, 3.05) is 5.32 Å². The van der Waals surface area contributed by atoms with Crippen LogP contribution in [0.3, 0.4) is 0 Å². The summed E-state index contributed by atoms with van der Waals surface area (Å²) in [7, 11) is 0. The molecule has 0 aliphatic carbocycles. The average Bonchev–Trinajstić information content (AvgIpc) is 2.42. The lowest BCUT2D eigenvalue weighted by atomic mass is 10.1. The molecule has 2 aromatic rings. The summed E-state index contributed by atoms with van der Waals surface area (Å²) in [5.41, 5.74) is 0.354. The summed E-state index contributed by atoms with van der Waals surface area (Å²) < 4.78 is 25.9. The third-order valence-corrected chi connectivity index (χ3v) is 2.77. The van der Waals surface area contributed by atoms with Crippen LogP contribution >= 0.6 is 11.6 Å². The predicted molar refractivity (Wildman–Crippen MR) is 70.5 cm³/mol. The number of rotatable bonds is 2. The molecule has 0 aromatic heterocycles. The Hall–Kier alpha value is -2.45. The monoisotopic (exact) mass is 292 g/mol. The molecule has 100 valence electrons. The number of hydrogen-bond donors (Lipinski definition) is 1. The molecule has 2 aromatic carbocycles. The number of amides is 1. The van der Waals surface area contributed by atoms with Crippen LogP contribution in [0.25, 0.3) is 0 Å². The number of benzene rings is 2. The van der Waals surface area contributed by atoms with Crippen LogP contribution in [0.1, 0.15) is 15.9 Å². The van der Waals surface area contributed by atoms with Gasteiger partial charge >= 0.3 is 0 Å². The molecule has 3 nitrogen and oxygen atoms in total. The van der Waals surface area contributed by atoms with Crippen LogP contribution < -0.4 is 5.32 Å². The van der Waals surface area contributed by atoms with Gasteiger partial charge in [-0.2, -0.15) is 5.26 Å². The molecule has 0 atom stereocenters. The lowest BCUT2D eigenvalue weighted by molar-refractivity contribution is 0.102. The molecule has 0 saturated heterocycles. The zero-order valence-electron chi connectivity index (χ0n) is 9.95. The third kappa shape index (κ3) is 2.92. The molecular weight excluding hydrogens is 286 g/mol. The Balaban J connectivity index is 2.30. The van der Waals surface area contributed by atoms with E-state index in [2.05, 4.69) is 5.32 Å². The van der Waals surface area contributed by atoms with E-state index >= 15 is 0 Å². The van der Waals surface area contributed by atoms with Crippen molar-refractivity contribution < 1.29 is 13.6 Å². The smallest absolute Gasteiger partial charge is 0.255 e. The van der Waals surface area contributed by atoms with E-state index in [9.17, 15) is 13.6 Å². The molecule has 2 rings (SSSR count). The van der Waals surface area contributed by atoms with Gasteiger partial charge in [0.15, 0.2) is 11.6 Å². The van der Waals surface area contributed by atoms with E-state index in [0.717, 1.165) is 18.2 Å². The van der Waals surface area contributed by atoms with Gasteiger partial charge in [-0.15, -0.1) is 0 Å². The number of hydrogen-bond acceptors (Lipinski definition) is 2. The molecule has 0 spiro atoms. The minimum Gasteiger partial charge on any atom is -0.321 e. The van der Waals surface area contributed by atoms with Crippen molar-refractivity contribution in [1.29, 1.82) is 5.26 Å². The number of nitrogens with one attached hydrogen (secondary N) is 1. The summed E-state index contributed by atoms with van der Waals surface area (Å²) in [6.07, 6.45) is 0. The van der Waals surface area contributed by atoms with E-state index in [1.807, 2.05) is 6.07 Å². The van der Waals surface area contributed by atoms with Gasteiger partial charge in [0, 0.05) is 10.6 Å². The molecule has 0 saturated carbocycles. The van der Waals surface area contributed by atoms with Crippen LogP contribution in [0.5, 0.6) is 0 Å². The van der Waals surface area contributed by atoms with E-state index < -0.39 is 17.5 Å². The fraction of sp³-hybridized carbons (Fsp3) is 0. The Morgan fingerprint density at radius 2 is 1.90 bits per heavy atom. The number of halogens is 3. The lowest BCUT2D eigenvalue weighted by Crippen LogP contribution is -2.13. The second-order valence-corrected chi connectivity index (χ2v) is 4.32. The van der Waals surface area contributed by atoms with Gasteiger partial charge in [-0.1, -0.05) is 11.6 Å². The fourth-order valence-electron chi connectivity index (χ4n) is 1.55. The zero-order chi connectivity index (χ0) is 14.7. The standard InChI is InChI=1S/C14H7ClF2N2O/c15-10-3-1-9(7-18)13(6-10)19-14(20)8-2-4-11(16)12(17)5-8/h1-6H,(H,19,20). The van der Waals surface area contributed by atoms with Gasteiger partial charge in [0.25, 0.3) is 5.91 Å². The zero-order valence-corrected chi connectivity index (χ0v) is 10.7. The van der Waals surface area contributed by atoms with Crippen molar-refractivity contribution in [3.05, 3.63) is 64.2 Å². The van der Waals surface area contributed by atoms with Crippen LogP contribution in [0.4, 0.5) is 14.5 Å². The second-order valence-electron chi connectivity index (χ2n) is 3.88. The summed E-state index contributed by atoms with van der Waals surface area (Å²) in [6, 6.07) is 9.03. The van der Waals surface area contributed by atoms with Crippen LogP contribution in [-0.2, 0) is 0 Å². The maximum atomic E-state index is 13.1. The number of carbonyl (C=O) groups excluding carboxylic acids is 1. The van der Waals surface area contributed by atoms with Gasteiger partial charge in [-0.3, -0.25) is 4.79 Å². The number of carbonyl (C=O) groups is 1. The van der Waals surface area contributed by atoms with E-state index in [1.54, 1.807) is 0 Å². The van der Waals surface area contributed by atoms with Crippen molar-refractivity contribution in [2.24, 2.45) is 0 Å². The molecule has 6 heteroatoms. The first kappa shape index (κ1) is 14.0. The first-order valence-corrected chi connectivity index (χ1v) is 5.85. The van der Waals surface area contributed by atoms with Gasteiger partial charge in [-0.05, 0) is 36.4 Å². The van der Waals surface area contributed by atoms with Crippen molar-refractivity contribution in [3.8, 4) is 6.07 Å². The number of nitrogens with zero attached hydrogens (tertiary/aromatic N) is 1. The molecule has 0 radical (unpaired) electrons. The van der Waals surface area contributed by atoms with Gasteiger partial charge in [0.05, 0.1) is 11.3 Å². The van der Waals surface area contributed by atoms with E-state index in [4.69, 9.17) is 16.9 Å². The molecular formula is C14H7ClF2N2O. The molecule has 1 amide bonds. The van der Waals surface area contributed by atoms with Gasteiger partial charge < -0.3 is 5.32 Å². The highest BCUT2D eigenvalue weighted by atomic mass is 35.5. The SMILES string of the molecule is N#Cc1ccc(Cl)cc1NC(=O)c1ccc(F)c(F)c1. The molecule has 0 unspecified atom stereocenters. The Labute approximate surface area is 118 Å². The van der Waals surface area contributed by atoms with Gasteiger partial charge in [-0.25, -0.2) is 8.78 Å². The van der Waals surface area contributed by atoms with Crippen LogP contribution in [0, 0.1) is 23.0 Å². The lowest BCUT2D eigenvalue weighted by Gasteiger charge is -2.07. The molecule has 20 heavy (non-hydrogen) atoms. The summed E-state index contributed by atoms with van der Waals surface area (Å²) >= 11 is 5.78. The molecule has 0 aliphatic rings. The highest BCUT2D eigenvalue weighted by Gasteiger charge is 2.12. The summed E-state index contributed by atoms with van der Waals surface area (Å²) in [4.78, 5) is 11.9. The molecule has 0 fully saturated rings. The second kappa shape index (κ2) is 5.68. The van der Waals surface area contributed by atoms with E-state index in [0.29, 0.717) is 5.02 Å². The normalized spacial score (nSPS) is 9.90. The first-order valence-electron chi connectivity index (χ1n) is 5.47. The molecule has 0 aliphatic heterocycles. The van der Waals surface area contributed by atoms with Gasteiger partial charge in [0.1, 0.15) is 6.07 Å². The van der Waals surface area contributed by atoms with Crippen molar-refractivity contribution in [1.82, 2.24) is 0 Å². The third-order valence-electron chi connectivity index (χ3n) is 2.53. The van der Waals surface area contributed by atoms with Crippen molar-refractivity contribution in [2.45, 2.75) is 0 Å². The fourth-order valence-corrected chi connectivity index (χ4v) is 1.72. The predicted octanol–water partition coefficient (Wildman–Crippen LogP) is 3.74. The quantitative estimate of drug-likeness (QED) is 0.916. The maximum absolute atomic E-state index is 13.1. The number of nitriles is 1. The van der Waals surface area contributed by atoms with E-state index in [1.165, 1.54) is 18.2 Å². The average molecular weight is 293 g/mol. The topological polar surface area (TPSA) is 52.9 Å². The van der Waals surface area contributed by atoms with Crippen LogP contribution in [0.15, 0.2) is 36.4 Å². The Morgan fingerprint density at radius 1 is 1.15 bits per heavy atom. The molecule has 1 N–H and O–H groups in total. The van der Waals surface area contributed by atoms with Crippen molar-refractivity contribution in [3.63, 3.8) is 0 Å². The van der Waals surface area contributed by atoms with E-state index in [-0.39, 0.29) is 16.8 Å². The Morgan fingerprint density at radius 3 is 2.55 bits per heavy atom. The largest absolute Gasteiger partial charge is 0.321 e. The van der Waals surface area contributed by atoms with Crippen LogP contribution in [0.2, 0.25) is 5.02 Å². The minimum absolute atomic E-state index is 0.0623. The minimum atomic E-state index is -1.12. The number of anilines is 1. The highest BCUT2D eigenvalue weighted by Crippen LogP contribution is 2.21. The summed E-state index contributed by atoms with van der Waals surface area (Å²) in [5, 5.41) is 11.7.